The van der Waals surface area contributed by atoms with E-state index < -0.39 is 0 Å². The van der Waals surface area contributed by atoms with E-state index in [4.69, 9.17) is 16.6 Å². The number of hydrogen-bond acceptors (Lipinski definition) is 6. The third-order valence-corrected chi connectivity index (χ3v) is 6.84. The number of amides is 2. The number of benzene rings is 2. The van der Waals surface area contributed by atoms with Gasteiger partial charge in [0.2, 0.25) is 11.9 Å². The lowest BCUT2D eigenvalue weighted by Gasteiger charge is -2.34. The molecule has 0 radical (unpaired) electrons. The van der Waals surface area contributed by atoms with E-state index in [1.54, 1.807) is 18.3 Å². The van der Waals surface area contributed by atoms with Crippen LogP contribution in [-0.4, -0.2) is 64.3 Å². The van der Waals surface area contributed by atoms with E-state index in [1.165, 1.54) is 12.8 Å². The third kappa shape index (κ3) is 5.34. The maximum Gasteiger partial charge on any atom is 0.253 e. The fraction of sp³-hybridized carbons (Fsp3) is 0.333. The lowest BCUT2D eigenvalue weighted by atomic mass is 10.1. The van der Waals surface area contributed by atoms with Gasteiger partial charge in [0, 0.05) is 59.8 Å². The van der Waals surface area contributed by atoms with Crippen LogP contribution in [0.4, 0.5) is 17.3 Å². The molecule has 3 aromatic rings. The topological polar surface area (TPSA) is 90.5 Å². The zero-order valence-corrected chi connectivity index (χ0v) is 21.0. The molecule has 0 saturated carbocycles. The fourth-order valence-electron chi connectivity index (χ4n) is 4.59. The summed E-state index contributed by atoms with van der Waals surface area (Å²) in [6, 6.07) is 12.7. The predicted molar refractivity (Wildman–Crippen MR) is 142 cm³/mol. The van der Waals surface area contributed by atoms with Gasteiger partial charge in [0.15, 0.2) is 0 Å². The second-order valence-corrected chi connectivity index (χ2v) is 9.61. The van der Waals surface area contributed by atoms with E-state index in [9.17, 15) is 9.59 Å². The molecule has 2 aliphatic rings. The molecule has 1 fully saturated rings. The number of hydrogen-bond donors (Lipinski definition) is 2. The maximum absolute atomic E-state index is 13.0. The summed E-state index contributed by atoms with van der Waals surface area (Å²) in [6.07, 6.45) is 4.25. The summed E-state index contributed by atoms with van der Waals surface area (Å²) in [4.78, 5) is 38.7. The third-order valence-electron chi connectivity index (χ3n) is 6.60. The molecule has 0 aliphatic carbocycles. The quantitative estimate of drug-likeness (QED) is 0.510. The highest BCUT2D eigenvalue weighted by Crippen LogP contribution is 2.34. The SMILES string of the molecule is CCCCN1CCN(C(=O)c2ccc(Nc3ncc4c(n3)-c3ccc(Cl)cc3NC(=O)C4)cc2)CC1. The van der Waals surface area contributed by atoms with Crippen molar-refractivity contribution in [3.63, 3.8) is 0 Å². The monoisotopic (exact) mass is 504 g/mol. The van der Waals surface area contributed by atoms with Crippen molar-refractivity contribution in [1.82, 2.24) is 19.8 Å². The van der Waals surface area contributed by atoms with Gasteiger partial charge in [-0.25, -0.2) is 9.97 Å². The van der Waals surface area contributed by atoms with E-state index in [0.717, 1.165) is 49.5 Å². The second-order valence-electron chi connectivity index (χ2n) is 9.17. The molecule has 0 atom stereocenters. The van der Waals surface area contributed by atoms with Gasteiger partial charge in [0.25, 0.3) is 5.91 Å². The number of carbonyl (C=O) groups excluding carboxylic acids is 2. The van der Waals surface area contributed by atoms with E-state index in [0.29, 0.717) is 27.9 Å². The number of nitrogens with zero attached hydrogens (tertiary/aromatic N) is 4. The van der Waals surface area contributed by atoms with Crippen LogP contribution in [0.25, 0.3) is 11.3 Å². The van der Waals surface area contributed by atoms with Crippen molar-refractivity contribution in [2.75, 3.05) is 43.4 Å². The molecule has 3 heterocycles. The van der Waals surface area contributed by atoms with Crippen LogP contribution in [0, 0.1) is 0 Å². The number of nitrogens with one attached hydrogen (secondary N) is 2. The number of rotatable bonds is 6. The van der Waals surface area contributed by atoms with Crippen LogP contribution in [0.15, 0.2) is 48.7 Å². The highest BCUT2D eigenvalue weighted by Gasteiger charge is 2.23. The Hall–Kier alpha value is -3.49. The Morgan fingerprint density at radius 3 is 2.64 bits per heavy atom. The van der Waals surface area contributed by atoms with Crippen LogP contribution >= 0.6 is 11.6 Å². The van der Waals surface area contributed by atoms with Crippen LogP contribution < -0.4 is 10.6 Å². The molecule has 186 valence electrons. The van der Waals surface area contributed by atoms with Crippen LogP contribution in [0.5, 0.6) is 0 Å². The highest BCUT2D eigenvalue weighted by atomic mass is 35.5. The number of fused-ring (bicyclic) bond motifs is 3. The average Bonchev–Trinajstić information content (AvgIpc) is 3.02. The van der Waals surface area contributed by atoms with Crippen LogP contribution in [0.3, 0.4) is 0 Å². The summed E-state index contributed by atoms with van der Waals surface area (Å²) in [5.74, 6) is 0.334. The summed E-state index contributed by atoms with van der Waals surface area (Å²) >= 11 is 6.13. The van der Waals surface area contributed by atoms with E-state index in [2.05, 4.69) is 27.4 Å². The number of anilines is 3. The zero-order valence-electron chi connectivity index (χ0n) is 20.3. The summed E-state index contributed by atoms with van der Waals surface area (Å²) in [5.41, 5.74) is 4.29. The van der Waals surface area contributed by atoms with Gasteiger partial charge in [0.05, 0.1) is 17.8 Å². The minimum atomic E-state index is -0.135. The first-order valence-electron chi connectivity index (χ1n) is 12.3. The molecular formula is C27H29ClN6O2. The minimum Gasteiger partial charge on any atom is -0.336 e. The maximum atomic E-state index is 13.0. The molecule has 0 unspecified atom stereocenters. The van der Waals surface area contributed by atoms with Crippen LogP contribution in [0.1, 0.15) is 35.7 Å². The number of carbonyl (C=O) groups is 2. The number of unbranched alkanes of at least 4 members (excludes halogenated alkanes) is 1. The number of aromatic nitrogens is 2. The van der Waals surface area contributed by atoms with E-state index >= 15 is 0 Å². The molecule has 0 bridgehead atoms. The zero-order chi connectivity index (χ0) is 25.1. The van der Waals surface area contributed by atoms with Gasteiger partial charge in [-0.2, -0.15) is 0 Å². The number of halogens is 1. The Morgan fingerprint density at radius 2 is 1.89 bits per heavy atom. The van der Waals surface area contributed by atoms with Crippen LogP contribution in [0.2, 0.25) is 5.02 Å². The molecule has 1 aromatic heterocycles. The highest BCUT2D eigenvalue weighted by molar-refractivity contribution is 6.31. The molecular weight excluding hydrogens is 476 g/mol. The first kappa shape index (κ1) is 24.2. The van der Waals surface area contributed by atoms with Gasteiger partial charge in [-0.05, 0) is 55.4 Å². The van der Waals surface area contributed by atoms with E-state index in [1.807, 2.05) is 35.2 Å². The van der Waals surface area contributed by atoms with Gasteiger partial charge < -0.3 is 15.5 Å². The van der Waals surface area contributed by atoms with Crippen molar-refractivity contribution in [3.8, 4) is 11.3 Å². The smallest absolute Gasteiger partial charge is 0.253 e. The second kappa shape index (κ2) is 10.6. The van der Waals surface area contributed by atoms with Gasteiger partial charge in [0.1, 0.15) is 0 Å². The Morgan fingerprint density at radius 1 is 1.11 bits per heavy atom. The molecule has 2 N–H and O–H groups in total. The van der Waals surface area contributed by atoms with Gasteiger partial charge >= 0.3 is 0 Å². The van der Waals surface area contributed by atoms with Gasteiger partial charge in [-0.1, -0.05) is 24.9 Å². The van der Waals surface area contributed by atoms with Crippen LogP contribution in [-0.2, 0) is 11.2 Å². The van der Waals surface area contributed by atoms with Gasteiger partial charge in [-0.15, -0.1) is 0 Å². The normalized spacial score (nSPS) is 15.5. The van der Waals surface area contributed by atoms with E-state index in [-0.39, 0.29) is 18.2 Å². The molecule has 5 rings (SSSR count). The molecule has 0 spiro atoms. The van der Waals surface area contributed by atoms with Crippen molar-refractivity contribution < 1.29 is 9.59 Å². The first-order chi connectivity index (χ1) is 17.5. The van der Waals surface area contributed by atoms with Crippen molar-refractivity contribution in [1.29, 1.82) is 0 Å². The van der Waals surface area contributed by atoms with Crippen molar-refractivity contribution in [2.24, 2.45) is 0 Å². The Labute approximate surface area is 215 Å². The van der Waals surface area contributed by atoms with Crippen molar-refractivity contribution >= 4 is 40.7 Å². The first-order valence-corrected chi connectivity index (χ1v) is 12.7. The molecule has 2 amide bonds. The largest absolute Gasteiger partial charge is 0.336 e. The average molecular weight is 505 g/mol. The molecule has 2 aromatic carbocycles. The Kier molecular flexibility index (Phi) is 7.16. The minimum absolute atomic E-state index is 0.0606. The van der Waals surface area contributed by atoms with Crippen molar-refractivity contribution in [3.05, 3.63) is 64.8 Å². The molecule has 36 heavy (non-hydrogen) atoms. The number of piperazine rings is 1. The fourth-order valence-corrected chi connectivity index (χ4v) is 4.76. The predicted octanol–water partition coefficient (Wildman–Crippen LogP) is 4.59. The Balaban J connectivity index is 1.28. The standard InChI is InChI=1S/C27H29ClN6O2/c1-2-3-10-33-11-13-34(14-12-33)26(36)18-4-7-21(8-5-18)30-27-29-17-19-15-24(35)31-23-16-20(28)6-9-22(23)25(19)32-27/h4-9,16-17H,2-3,10-15H2,1H3,(H,31,35)(H,29,30,32). The lowest BCUT2D eigenvalue weighted by molar-refractivity contribution is -0.115. The Bertz CT molecular complexity index is 1270. The summed E-state index contributed by atoms with van der Waals surface area (Å²) in [7, 11) is 0. The molecule has 2 aliphatic heterocycles. The summed E-state index contributed by atoms with van der Waals surface area (Å²) in [5, 5.41) is 6.64. The lowest BCUT2D eigenvalue weighted by Crippen LogP contribution is -2.48. The van der Waals surface area contributed by atoms with Gasteiger partial charge in [-0.3, -0.25) is 14.5 Å². The molecule has 9 heteroatoms. The van der Waals surface area contributed by atoms with Crippen molar-refractivity contribution in [2.45, 2.75) is 26.2 Å². The molecule has 8 nitrogen and oxygen atoms in total. The summed E-state index contributed by atoms with van der Waals surface area (Å²) < 4.78 is 0. The molecule has 1 saturated heterocycles. The summed E-state index contributed by atoms with van der Waals surface area (Å²) in [6.45, 7) is 6.68.